The quantitative estimate of drug-likeness (QED) is 0.414. The highest BCUT2D eigenvalue weighted by atomic mass is 35.5. The highest BCUT2D eigenvalue weighted by Crippen LogP contribution is 2.37. The number of nitrogens with one attached hydrogen (secondary N) is 2. The fourth-order valence-electron chi connectivity index (χ4n) is 2.04. The van der Waals surface area contributed by atoms with Crippen molar-refractivity contribution in [3.8, 4) is 0 Å². The van der Waals surface area contributed by atoms with E-state index in [-0.39, 0.29) is 17.7 Å². The summed E-state index contributed by atoms with van der Waals surface area (Å²) in [7, 11) is 0. The van der Waals surface area contributed by atoms with Gasteiger partial charge in [0.25, 0.3) is 0 Å². The van der Waals surface area contributed by atoms with E-state index in [1.807, 2.05) is 0 Å². The molecule has 0 radical (unpaired) electrons. The van der Waals surface area contributed by atoms with Crippen molar-refractivity contribution in [3.05, 3.63) is 63.1 Å². The fraction of sp³-hybridized carbons (Fsp3) is 0.188. The summed E-state index contributed by atoms with van der Waals surface area (Å²) in [6.45, 7) is 0.0902. The van der Waals surface area contributed by atoms with Crippen molar-refractivity contribution in [2.75, 3.05) is 5.32 Å². The molecule has 2 N–H and O–H groups in total. The van der Waals surface area contributed by atoms with Crippen LogP contribution >= 0.6 is 35.4 Å². The molecule has 0 aliphatic rings. The van der Waals surface area contributed by atoms with Crippen LogP contribution < -0.4 is 10.6 Å². The molecule has 0 amide bonds. The summed E-state index contributed by atoms with van der Waals surface area (Å²) in [5, 5.41) is 5.54. The van der Waals surface area contributed by atoms with Gasteiger partial charge >= 0.3 is 12.4 Å². The molecular weight excluding hydrogens is 437 g/mol. The van der Waals surface area contributed by atoms with Gasteiger partial charge in [-0.3, -0.25) is 0 Å². The first-order valence-corrected chi connectivity index (χ1v) is 8.31. The Kier molecular flexibility index (Phi) is 6.49. The van der Waals surface area contributed by atoms with Crippen molar-refractivity contribution in [1.82, 2.24) is 5.32 Å². The molecule has 27 heavy (non-hydrogen) atoms. The molecule has 0 unspecified atom stereocenters. The van der Waals surface area contributed by atoms with E-state index in [0.717, 1.165) is 0 Å². The molecule has 0 aromatic heterocycles. The Balaban J connectivity index is 2.16. The molecule has 0 saturated carbocycles. The Morgan fingerprint density at radius 1 is 0.889 bits per heavy atom. The van der Waals surface area contributed by atoms with Gasteiger partial charge < -0.3 is 10.6 Å². The molecule has 0 aliphatic carbocycles. The van der Waals surface area contributed by atoms with Crippen LogP contribution in [0.2, 0.25) is 10.0 Å². The predicted molar refractivity (Wildman–Crippen MR) is 96.0 cm³/mol. The van der Waals surface area contributed by atoms with Crippen molar-refractivity contribution in [1.29, 1.82) is 0 Å². The zero-order chi connectivity index (χ0) is 20.4. The standard InChI is InChI=1S/C16H10Cl2F6N2S/c17-11-2-1-8(13(18)6-11)7-25-14(27)26-12-4-9(15(19,20)21)3-10(5-12)16(22,23)24/h1-6H,7H2,(H2,25,26,27). The first kappa shape index (κ1) is 21.6. The van der Waals surface area contributed by atoms with E-state index in [1.165, 1.54) is 6.07 Å². The van der Waals surface area contributed by atoms with Gasteiger partial charge in [0.15, 0.2) is 5.11 Å². The Labute approximate surface area is 165 Å². The molecular formula is C16H10Cl2F6N2S. The summed E-state index contributed by atoms with van der Waals surface area (Å²) in [4.78, 5) is 0. The largest absolute Gasteiger partial charge is 0.416 e. The number of benzene rings is 2. The van der Waals surface area contributed by atoms with Crippen LogP contribution in [-0.4, -0.2) is 5.11 Å². The van der Waals surface area contributed by atoms with E-state index in [0.29, 0.717) is 27.7 Å². The average molecular weight is 447 g/mol. The summed E-state index contributed by atoms with van der Waals surface area (Å²) in [6, 6.07) is 5.78. The maximum absolute atomic E-state index is 12.9. The third-order valence-electron chi connectivity index (χ3n) is 3.30. The molecule has 0 spiro atoms. The third kappa shape index (κ3) is 6.15. The predicted octanol–water partition coefficient (Wildman–Crippen LogP) is 6.52. The normalized spacial score (nSPS) is 12.0. The van der Waals surface area contributed by atoms with Crippen LogP contribution in [0.1, 0.15) is 16.7 Å². The summed E-state index contributed by atoms with van der Waals surface area (Å²) in [5.74, 6) is 0. The zero-order valence-corrected chi connectivity index (χ0v) is 15.4. The molecule has 0 saturated heterocycles. The van der Waals surface area contributed by atoms with Gasteiger partial charge in [0.2, 0.25) is 0 Å². The first-order chi connectivity index (χ1) is 12.4. The van der Waals surface area contributed by atoms with Crippen LogP contribution in [0, 0.1) is 0 Å². The number of anilines is 1. The van der Waals surface area contributed by atoms with Crippen molar-refractivity contribution in [2.45, 2.75) is 18.9 Å². The van der Waals surface area contributed by atoms with Gasteiger partial charge in [-0.15, -0.1) is 0 Å². The highest BCUT2D eigenvalue weighted by molar-refractivity contribution is 7.80. The van der Waals surface area contributed by atoms with Crippen molar-refractivity contribution in [2.24, 2.45) is 0 Å². The number of rotatable bonds is 3. The summed E-state index contributed by atoms with van der Waals surface area (Å²) in [5.41, 5.74) is -2.74. The topological polar surface area (TPSA) is 24.1 Å². The number of hydrogen-bond donors (Lipinski definition) is 2. The lowest BCUT2D eigenvalue weighted by Gasteiger charge is -2.16. The molecule has 0 atom stereocenters. The summed E-state index contributed by atoms with van der Waals surface area (Å²) >= 11 is 16.7. The molecule has 2 aromatic carbocycles. The maximum Gasteiger partial charge on any atom is 0.416 e. The molecule has 2 nitrogen and oxygen atoms in total. The van der Waals surface area contributed by atoms with Crippen LogP contribution in [-0.2, 0) is 18.9 Å². The van der Waals surface area contributed by atoms with Crippen LogP contribution in [0.5, 0.6) is 0 Å². The molecule has 11 heteroatoms. The molecule has 2 aromatic rings. The number of hydrogen-bond acceptors (Lipinski definition) is 1. The minimum atomic E-state index is -4.94. The Morgan fingerprint density at radius 3 is 1.93 bits per heavy atom. The maximum atomic E-state index is 12.9. The number of alkyl halides is 6. The third-order valence-corrected chi connectivity index (χ3v) is 4.13. The SMILES string of the molecule is FC(F)(F)c1cc(NC(=S)NCc2ccc(Cl)cc2Cl)cc(C(F)(F)F)c1. The lowest BCUT2D eigenvalue weighted by Crippen LogP contribution is -2.28. The molecule has 0 aliphatic heterocycles. The lowest BCUT2D eigenvalue weighted by molar-refractivity contribution is -0.143. The van der Waals surface area contributed by atoms with Crippen molar-refractivity contribution < 1.29 is 26.3 Å². The molecule has 0 heterocycles. The van der Waals surface area contributed by atoms with Crippen LogP contribution in [0.4, 0.5) is 32.0 Å². The van der Waals surface area contributed by atoms with E-state index in [2.05, 4.69) is 10.6 Å². The van der Waals surface area contributed by atoms with Gasteiger partial charge in [0, 0.05) is 22.3 Å². The highest BCUT2D eigenvalue weighted by Gasteiger charge is 2.37. The van der Waals surface area contributed by atoms with E-state index in [4.69, 9.17) is 35.4 Å². The van der Waals surface area contributed by atoms with Crippen molar-refractivity contribution >= 4 is 46.2 Å². The minimum Gasteiger partial charge on any atom is -0.358 e. The Hall–Kier alpha value is -1.71. The zero-order valence-electron chi connectivity index (χ0n) is 13.1. The van der Waals surface area contributed by atoms with Gasteiger partial charge in [0.05, 0.1) is 11.1 Å². The van der Waals surface area contributed by atoms with E-state index in [9.17, 15) is 26.3 Å². The van der Waals surface area contributed by atoms with Crippen LogP contribution in [0.3, 0.4) is 0 Å². The second-order valence-corrected chi connectivity index (χ2v) is 6.59. The van der Waals surface area contributed by atoms with Gasteiger partial charge in [-0.25, -0.2) is 0 Å². The lowest BCUT2D eigenvalue weighted by atomic mass is 10.1. The van der Waals surface area contributed by atoms with Gasteiger partial charge in [-0.2, -0.15) is 26.3 Å². The smallest absolute Gasteiger partial charge is 0.358 e. The van der Waals surface area contributed by atoms with E-state index >= 15 is 0 Å². The molecule has 2 rings (SSSR count). The monoisotopic (exact) mass is 446 g/mol. The van der Waals surface area contributed by atoms with Crippen LogP contribution in [0.15, 0.2) is 36.4 Å². The Morgan fingerprint density at radius 2 is 1.44 bits per heavy atom. The number of thiocarbonyl (C=S) groups is 1. The minimum absolute atomic E-state index is 0.0368. The second-order valence-electron chi connectivity index (χ2n) is 5.34. The number of halogens is 8. The van der Waals surface area contributed by atoms with Crippen LogP contribution in [0.25, 0.3) is 0 Å². The molecule has 0 fully saturated rings. The van der Waals surface area contributed by atoms with E-state index < -0.39 is 29.2 Å². The second kappa shape index (κ2) is 8.12. The Bertz CT molecular complexity index is 820. The van der Waals surface area contributed by atoms with E-state index in [1.54, 1.807) is 12.1 Å². The fourth-order valence-corrected chi connectivity index (χ4v) is 2.71. The summed E-state index contributed by atoms with van der Waals surface area (Å²) < 4.78 is 77.1. The average Bonchev–Trinajstić information content (AvgIpc) is 2.52. The molecule has 146 valence electrons. The van der Waals surface area contributed by atoms with Gasteiger partial charge in [-0.05, 0) is 48.1 Å². The van der Waals surface area contributed by atoms with Gasteiger partial charge in [0.1, 0.15) is 0 Å². The van der Waals surface area contributed by atoms with Crippen molar-refractivity contribution in [3.63, 3.8) is 0 Å². The van der Waals surface area contributed by atoms with Gasteiger partial charge in [-0.1, -0.05) is 29.3 Å². The summed E-state index contributed by atoms with van der Waals surface area (Å²) in [6.07, 6.45) is -9.88. The first-order valence-electron chi connectivity index (χ1n) is 7.14. The molecule has 0 bridgehead atoms.